The van der Waals surface area contributed by atoms with E-state index in [-0.39, 0.29) is 30.1 Å². The van der Waals surface area contributed by atoms with Crippen molar-refractivity contribution in [2.75, 3.05) is 32.2 Å². The molecule has 0 aliphatic carbocycles. The van der Waals surface area contributed by atoms with Crippen molar-refractivity contribution >= 4 is 28.8 Å². The molecule has 1 aliphatic heterocycles. The number of hydrogen-bond acceptors (Lipinski definition) is 7. The zero-order valence-electron chi connectivity index (χ0n) is 15.9. The number of aliphatic hydroxyl groups is 1. The zero-order valence-corrected chi connectivity index (χ0v) is 15.9. The zero-order chi connectivity index (χ0) is 21.1. The highest BCUT2D eigenvalue weighted by molar-refractivity contribution is 6.45. The lowest BCUT2D eigenvalue weighted by atomic mass is 10.0. The van der Waals surface area contributed by atoms with Gasteiger partial charge in [0, 0.05) is 25.7 Å². The van der Waals surface area contributed by atoms with E-state index in [4.69, 9.17) is 4.74 Å². The van der Waals surface area contributed by atoms with Crippen molar-refractivity contribution in [3.63, 3.8) is 0 Å². The van der Waals surface area contributed by atoms with Crippen LogP contribution in [0.5, 0.6) is 5.75 Å². The minimum atomic E-state index is -0.547. The number of anilines is 1. The van der Waals surface area contributed by atoms with E-state index in [9.17, 15) is 24.8 Å². The van der Waals surface area contributed by atoms with Crippen LogP contribution in [0.3, 0.4) is 0 Å². The molecule has 9 nitrogen and oxygen atoms in total. The van der Waals surface area contributed by atoms with Crippen molar-refractivity contribution in [1.82, 2.24) is 4.90 Å². The van der Waals surface area contributed by atoms with Crippen LogP contribution < -0.4 is 9.64 Å². The van der Waals surface area contributed by atoms with Gasteiger partial charge >= 0.3 is 0 Å². The van der Waals surface area contributed by atoms with Crippen LogP contribution in [-0.2, 0) is 9.59 Å². The van der Waals surface area contributed by atoms with Gasteiger partial charge in [-0.3, -0.25) is 19.7 Å². The van der Waals surface area contributed by atoms with Gasteiger partial charge in [-0.05, 0) is 42.0 Å². The minimum Gasteiger partial charge on any atom is -0.497 e. The van der Waals surface area contributed by atoms with Gasteiger partial charge in [-0.15, -0.1) is 0 Å². The fourth-order valence-electron chi connectivity index (χ4n) is 3.11. The Morgan fingerprint density at radius 2 is 1.69 bits per heavy atom. The number of hydrogen-bond donors (Lipinski definition) is 1. The second kappa shape index (κ2) is 8.11. The normalized spacial score (nSPS) is 13.8. The molecule has 2 aromatic carbocycles. The van der Waals surface area contributed by atoms with E-state index < -0.39 is 16.7 Å². The number of nitro benzene ring substituents is 1. The predicted molar refractivity (Wildman–Crippen MR) is 105 cm³/mol. The third-order valence-corrected chi connectivity index (χ3v) is 4.57. The highest BCUT2D eigenvalue weighted by Crippen LogP contribution is 2.35. The van der Waals surface area contributed by atoms with Crippen molar-refractivity contribution in [3.8, 4) is 5.75 Å². The molecule has 0 aromatic heterocycles. The molecule has 0 unspecified atom stereocenters. The van der Waals surface area contributed by atoms with E-state index in [2.05, 4.69) is 0 Å². The quantitative estimate of drug-likeness (QED) is 0.431. The molecule has 0 bridgehead atoms. The number of non-ortho nitro benzene ring substituents is 1. The highest BCUT2D eigenvalue weighted by Gasteiger charge is 2.41. The summed E-state index contributed by atoms with van der Waals surface area (Å²) in [5, 5.41) is 20.2. The van der Waals surface area contributed by atoms with Gasteiger partial charge in [-0.2, -0.15) is 0 Å². The van der Waals surface area contributed by atoms with E-state index in [1.165, 1.54) is 36.3 Å². The Morgan fingerprint density at radius 3 is 2.21 bits per heavy atom. The number of carbonyl (C=O) groups is 2. The van der Waals surface area contributed by atoms with E-state index in [0.29, 0.717) is 17.0 Å². The van der Waals surface area contributed by atoms with Gasteiger partial charge in [0.05, 0.1) is 29.9 Å². The third kappa shape index (κ3) is 3.67. The van der Waals surface area contributed by atoms with Crippen LogP contribution in [0.25, 0.3) is 5.57 Å². The summed E-state index contributed by atoms with van der Waals surface area (Å²) < 4.78 is 5.11. The highest BCUT2D eigenvalue weighted by atomic mass is 16.6. The summed E-state index contributed by atoms with van der Waals surface area (Å²) in [5.41, 5.74) is 0.867. The van der Waals surface area contributed by atoms with Gasteiger partial charge in [0.2, 0.25) is 0 Å². The molecule has 150 valence electrons. The lowest BCUT2D eigenvalue weighted by Gasteiger charge is -2.20. The Balaban J connectivity index is 2.08. The van der Waals surface area contributed by atoms with Crippen LogP contribution in [0.1, 0.15) is 5.56 Å². The summed E-state index contributed by atoms with van der Waals surface area (Å²) in [4.78, 5) is 39.2. The molecule has 3 rings (SSSR count). The molecule has 2 aromatic rings. The molecular weight excluding hydrogens is 378 g/mol. The number of imide groups is 1. The molecule has 0 radical (unpaired) electrons. The van der Waals surface area contributed by atoms with Crippen LogP contribution in [0, 0.1) is 10.1 Å². The summed E-state index contributed by atoms with van der Waals surface area (Å²) in [5.74, 6) is -0.507. The fourth-order valence-corrected chi connectivity index (χ4v) is 3.11. The molecule has 1 N–H and O–H groups in total. The van der Waals surface area contributed by atoms with Gasteiger partial charge in [0.25, 0.3) is 17.5 Å². The van der Waals surface area contributed by atoms with Gasteiger partial charge < -0.3 is 14.7 Å². The number of nitrogens with zero attached hydrogens (tertiary/aromatic N) is 3. The Labute approximate surface area is 166 Å². The third-order valence-electron chi connectivity index (χ3n) is 4.57. The molecule has 1 heterocycles. The maximum absolute atomic E-state index is 13.2. The smallest absolute Gasteiger partial charge is 0.282 e. The fraction of sp³-hybridized carbons (Fsp3) is 0.200. The van der Waals surface area contributed by atoms with Gasteiger partial charge in [0.15, 0.2) is 0 Å². The maximum Gasteiger partial charge on any atom is 0.282 e. The van der Waals surface area contributed by atoms with Crippen LogP contribution in [0.2, 0.25) is 0 Å². The largest absolute Gasteiger partial charge is 0.497 e. The first-order valence-corrected chi connectivity index (χ1v) is 8.73. The van der Waals surface area contributed by atoms with Crippen molar-refractivity contribution in [2.45, 2.75) is 0 Å². The molecule has 0 spiro atoms. The lowest BCUT2D eigenvalue weighted by Crippen LogP contribution is -2.34. The summed E-state index contributed by atoms with van der Waals surface area (Å²) in [7, 11) is 3.11. The summed E-state index contributed by atoms with van der Waals surface area (Å²) >= 11 is 0. The number of amides is 2. The monoisotopic (exact) mass is 397 g/mol. The SMILES string of the molecule is COc1ccc(N2C(=O)C(c3ccc([N+](=O)[O-])cc3)=C(N(C)CCO)C2=O)cc1. The van der Waals surface area contributed by atoms with E-state index in [1.807, 2.05) is 0 Å². The van der Waals surface area contributed by atoms with Crippen LogP contribution >= 0.6 is 0 Å². The number of rotatable bonds is 7. The Bertz CT molecular complexity index is 982. The second-order valence-corrected chi connectivity index (χ2v) is 6.32. The summed E-state index contributed by atoms with van der Waals surface area (Å²) in [6, 6.07) is 11.9. The van der Waals surface area contributed by atoms with E-state index in [0.717, 1.165) is 4.90 Å². The van der Waals surface area contributed by atoms with Gasteiger partial charge in [-0.1, -0.05) is 0 Å². The van der Waals surface area contributed by atoms with E-state index >= 15 is 0 Å². The molecule has 0 saturated heterocycles. The molecule has 29 heavy (non-hydrogen) atoms. The maximum atomic E-state index is 13.2. The molecule has 0 saturated carbocycles. The van der Waals surface area contributed by atoms with Crippen molar-refractivity contribution < 1.29 is 24.4 Å². The topological polar surface area (TPSA) is 113 Å². The number of ether oxygens (including phenoxy) is 1. The number of carbonyl (C=O) groups excluding carboxylic acids is 2. The van der Waals surface area contributed by atoms with Crippen LogP contribution in [-0.4, -0.2) is 54.1 Å². The number of likely N-dealkylation sites (N-methyl/N-ethyl adjacent to an activating group) is 1. The number of nitro groups is 1. The van der Waals surface area contributed by atoms with Crippen molar-refractivity contribution in [1.29, 1.82) is 0 Å². The van der Waals surface area contributed by atoms with Crippen molar-refractivity contribution in [2.24, 2.45) is 0 Å². The van der Waals surface area contributed by atoms with Crippen LogP contribution in [0.4, 0.5) is 11.4 Å². The first kappa shape index (κ1) is 20.0. The Morgan fingerprint density at radius 1 is 1.07 bits per heavy atom. The lowest BCUT2D eigenvalue weighted by molar-refractivity contribution is -0.384. The molecule has 0 fully saturated rings. The number of aliphatic hydroxyl groups excluding tert-OH is 1. The minimum absolute atomic E-state index is 0.119. The van der Waals surface area contributed by atoms with Crippen molar-refractivity contribution in [3.05, 3.63) is 69.9 Å². The summed E-state index contributed by atoms with van der Waals surface area (Å²) in [6.45, 7) is -0.0706. The summed E-state index contributed by atoms with van der Waals surface area (Å²) in [6.07, 6.45) is 0. The second-order valence-electron chi connectivity index (χ2n) is 6.32. The number of methoxy groups -OCH3 is 1. The average Bonchev–Trinajstić information content (AvgIpc) is 2.98. The Hall–Kier alpha value is -3.72. The molecule has 1 aliphatic rings. The first-order valence-electron chi connectivity index (χ1n) is 8.73. The number of benzene rings is 2. The van der Waals surface area contributed by atoms with Crippen LogP contribution in [0.15, 0.2) is 54.2 Å². The molecule has 2 amide bonds. The molecule has 0 atom stereocenters. The molecular formula is C20H19N3O6. The average molecular weight is 397 g/mol. The first-order chi connectivity index (χ1) is 13.9. The predicted octanol–water partition coefficient (Wildman–Crippen LogP) is 1.81. The standard InChI is InChI=1S/C20H19N3O6/c1-21(11-12-24)18-17(13-3-5-15(6-4-13)23(27)28)19(25)22(20(18)26)14-7-9-16(29-2)10-8-14/h3-10,24H,11-12H2,1-2H3. The van der Waals surface area contributed by atoms with E-state index in [1.54, 1.807) is 31.3 Å². The van der Waals surface area contributed by atoms with Gasteiger partial charge in [0.1, 0.15) is 11.4 Å². The molecule has 9 heteroatoms. The Kier molecular flexibility index (Phi) is 5.60. The van der Waals surface area contributed by atoms with Gasteiger partial charge in [-0.25, -0.2) is 4.90 Å².